The number of urea groups is 1. The van der Waals surface area contributed by atoms with E-state index in [1.54, 1.807) is 18.2 Å². The van der Waals surface area contributed by atoms with Crippen molar-refractivity contribution in [1.82, 2.24) is 5.32 Å². The Morgan fingerprint density at radius 3 is 2.77 bits per heavy atom. The molecule has 1 radical (unpaired) electrons. The van der Waals surface area contributed by atoms with Crippen LogP contribution in [0.2, 0.25) is 0 Å². The van der Waals surface area contributed by atoms with E-state index in [1.165, 1.54) is 0 Å². The quantitative estimate of drug-likeness (QED) is 0.701. The number of hydrogen-bond acceptors (Lipinski definition) is 1. The van der Waals surface area contributed by atoms with Gasteiger partial charge < -0.3 is 5.32 Å². The molecule has 0 aliphatic heterocycles. The topological polar surface area (TPSA) is 43.2 Å². The molecule has 1 N–H and O–H groups in total. The SMILES string of the molecule is C=CC[N]C(=O)Nc1ccccc1. The van der Waals surface area contributed by atoms with Crippen molar-refractivity contribution in [2.75, 3.05) is 11.9 Å². The van der Waals surface area contributed by atoms with Crippen LogP contribution >= 0.6 is 0 Å². The molecule has 0 atom stereocenters. The number of nitrogens with zero attached hydrogens (tertiary/aromatic N) is 1. The summed E-state index contributed by atoms with van der Waals surface area (Å²) in [5, 5.41) is 6.29. The molecule has 0 heterocycles. The van der Waals surface area contributed by atoms with E-state index in [1.807, 2.05) is 18.2 Å². The van der Waals surface area contributed by atoms with Crippen LogP contribution in [-0.4, -0.2) is 12.6 Å². The van der Waals surface area contributed by atoms with Gasteiger partial charge in [-0.05, 0) is 12.1 Å². The average molecular weight is 175 g/mol. The Balaban J connectivity index is 2.41. The van der Waals surface area contributed by atoms with E-state index in [0.29, 0.717) is 6.54 Å². The fourth-order valence-corrected chi connectivity index (χ4v) is 0.832. The standard InChI is InChI=1S/C10H11N2O/c1-2-8-11-10(13)12-9-6-4-3-5-7-9/h2-7H,1,8H2,(H,12,13). The lowest BCUT2D eigenvalue weighted by Crippen LogP contribution is -2.21. The van der Waals surface area contributed by atoms with Crippen LogP contribution in [0.1, 0.15) is 0 Å². The van der Waals surface area contributed by atoms with Gasteiger partial charge in [0.25, 0.3) is 0 Å². The van der Waals surface area contributed by atoms with Gasteiger partial charge >= 0.3 is 6.03 Å². The number of amides is 2. The normalized spacial score (nSPS) is 8.92. The summed E-state index contributed by atoms with van der Waals surface area (Å²) in [6.45, 7) is 3.81. The van der Waals surface area contributed by atoms with Crippen molar-refractivity contribution >= 4 is 11.7 Å². The molecule has 3 heteroatoms. The molecule has 3 nitrogen and oxygen atoms in total. The Hall–Kier alpha value is -1.77. The highest BCUT2D eigenvalue weighted by atomic mass is 16.2. The first-order valence-electron chi connectivity index (χ1n) is 3.97. The number of para-hydroxylation sites is 1. The van der Waals surface area contributed by atoms with Crippen molar-refractivity contribution < 1.29 is 4.79 Å². The van der Waals surface area contributed by atoms with E-state index in [2.05, 4.69) is 17.2 Å². The summed E-state index contributed by atoms with van der Waals surface area (Å²) in [6, 6.07) is 8.86. The fraction of sp³-hybridized carbons (Fsp3) is 0.100. The lowest BCUT2D eigenvalue weighted by atomic mass is 10.3. The van der Waals surface area contributed by atoms with E-state index in [0.717, 1.165) is 5.69 Å². The molecule has 2 amide bonds. The molecule has 0 aliphatic carbocycles. The number of rotatable bonds is 3. The summed E-state index contributed by atoms with van der Waals surface area (Å²) < 4.78 is 0. The van der Waals surface area contributed by atoms with Gasteiger partial charge in [0.2, 0.25) is 0 Å². The Kier molecular flexibility index (Phi) is 3.57. The van der Waals surface area contributed by atoms with E-state index in [4.69, 9.17) is 0 Å². The molecule has 1 aromatic rings. The number of carbonyl (C=O) groups is 1. The molecule has 0 aliphatic rings. The van der Waals surface area contributed by atoms with Gasteiger partial charge in [0.15, 0.2) is 0 Å². The van der Waals surface area contributed by atoms with Crippen molar-refractivity contribution in [3.8, 4) is 0 Å². The zero-order chi connectivity index (χ0) is 9.52. The zero-order valence-electron chi connectivity index (χ0n) is 7.23. The molecule has 0 unspecified atom stereocenters. The second-order valence-electron chi connectivity index (χ2n) is 2.43. The smallest absolute Gasteiger partial charge is 0.306 e. The van der Waals surface area contributed by atoms with Crippen LogP contribution in [-0.2, 0) is 0 Å². The van der Waals surface area contributed by atoms with Gasteiger partial charge in [-0.1, -0.05) is 24.3 Å². The molecule has 0 bridgehead atoms. The number of anilines is 1. The van der Waals surface area contributed by atoms with Gasteiger partial charge in [-0.3, -0.25) is 0 Å². The predicted octanol–water partition coefficient (Wildman–Crippen LogP) is 2.01. The lowest BCUT2D eigenvalue weighted by Gasteiger charge is -2.02. The number of carbonyl (C=O) groups excluding carboxylic acids is 1. The predicted molar refractivity (Wildman–Crippen MR) is 52.7 cm³/mol. The van der Waals surface area contributed by atoms with Crippen molar-refractivity contribution in [2.45, 2.75) is 0 Å². The second-order valence-corrected chi connectivity index (χ2v) is 2.43. The van der Waals surface area contributed by atoms with Crippen molar-refractivity contribution in [3.05, 3.63) is 43.0 Å². The summed E-state index contributed by atoms with van der Waals surface area (Å²) in [5.41, 5.74) is 0.750. The fourth-order valence-electron chi connectivity index (χ4n) is 0.832. The van der Waals surface area contributed by atoms with E-state index < -0.39 is 0 Å². The second kappa shape index (κ2) is 4.98. The lowest BCUT2D eigenvalue weighted by molar-refractivity contribution is 0.252. The van der Waals surface area contributed by atoms with Crippen LogP contribution in [0.3, 0.4) is 0 Å². The van der Waals surface area contributed by atoms with Crippen LogP contribution < -0.4 is 10.6 Å². The minimum atomic E-state index is -0.342. The zero-order valence-corrected chi connectivity index (χ0v) is 7.23. The molecule has 0 saturated carbocycles. The van der Waals surface area contributed by atoms with Gasteiger partial charge in [0, 0.05) is 5.69 Å². The maximum absolute atomic E-state index is 11.0. The number of nitrogens with one attached hydrogen (secondary N) is 1. The van der Waals surface area contributed by atoms with Crippen molar-refractivity contribution in [2.24, 2.45) is 0 Å². The van der Waals surface area contributed by atoms with Crippen LogP contribution in [0.15, 0.2) is 43.0 Å². The Morgan fingerprint density at radius 1 is 1.46 bits per heavy atom. The first kappa shape index (κ1) is 9.32. The third-order valence-electron chi connectivity index (χ3n) is 1.39. The van der Waals surface area contributed by atoms with Crippen LogP contribution in [0, 0.1) is 0 Å². The van der Waals surface area contributed by atoms with Gasteiger partial charge in [-0.15, -0.1) is 6.58 Å². The maximum Gasteiger partial charge on any atom is 0.341 e. The Morgan fingerprint density at radius 2 is 2.15 bits per heavy atom. The molecule has 0 fully saturated rings. The average Bonchev–Trinajstić information content (AvgIpc) is 2.16. The van der Waals surface area contributed by atoms with Gasteiger partial charge in [-0.25, -0.2) is 10.1 Å². The first-order chi connectivity index (χ1) is 6.33. The summed E-state index contributed by atoms with van der Waals surface area (Å²) in [7, 11) is 0. The molecule has 67 valence electrons. The first-order valence-corrected chi connectivity index (χ1v) is 3.97. The van der Waals surface area contributed by atoms with E-state index >= 15 is 0 Å². The minimum absolute atomic E-state index is 0.342. The van der Waals surface area contributed by atoms with Crippen LogP contribution in [0.4, 0.5) is 10.5 Å². The molecule has 0 saturated heterocycles. The monoisotopic (exact) mass is 175 g/mol. The van der Waals surface area contributed by atoms with Gasteiger partial charge in [0.1, 0.15) is 0 Å². The highest BCUT2D eigenvalue weighted by molar-refractivity contribution is 5.88. The third-order valence-corrected chi connectivity index (χ3v) is 1.39. The van der Waals surface area contributed by atoms with Crippen molar-refractivity contribution in [1.29, 1.82) is 0 Å². The summed E-state index contributed by atoms with van der Waals surface area (Å²) >= 11 is 0. The molecule has 0 aromatic heterocycles. The maximum atomic E-state index is 11.0. The van der Waals surface area contributed by atoms with Gasteiger partial charge in [-0.2, -0.15) is 0 Å². The highest BCUT2D eigenvalue weighted by Gasteiger charge is 1.99. The minimum Gasteiger partial charge on any atom is -0.306 e. The molecule has 0 spiro atoms. The summed E-state index contributed by atoms with van der Waals surface area (Å²) in [6.07, 6.45) is 1.57. The van der Waals surface area contributed by atoms with E-state index in [-0.39, 0.29) is 6.03 Å². The van der Waals surface area contributed by atoms with Crippen LogP contribution in [0.25, 0.3) is 0 Å². The molecular weight excluding hydrogens is 164 g/mol. The molecule has 1 aromatic carbocycles. The molecule has 1 rings (SSSR count). The van der Waals surface area contributed by atoms with E-state index in [9.17, 15) is 4.79 Å². The number of hydrogen-bond donors (Lipinski definition) is 1. The summed E-state index contributed by atoms with van der Waals surface area (Å²) in [5.74, 6) is 0. The number of benzene rings is 1. The van der Waals surface area contributed by atoms with Gasteiger partial charge in [0.05, 0.1) is 6.54 Å². The highest BCUT2D eigenvalue weighted by Crippen LogP contribution is 2.03. The summed E-state index contributed by atoms with van der Waals surface area (Å²) in [4.78, 5) is 11.0. The molecular formula is C10H11N2O. The Bertz CT molecular complexity index is 282. The largest absolute Gasteiger partial charge is 0.341 e. The van der Waals surface area contributed by atoms with Crippen LogP contribution in [0.5, 0.6) is 0 Å². The third kappa shape index (κ3) is 3.42. The van der Waals surface area contributed by atoms with Crippen molar-refractivity contribution in [3.63, 3.8) is 0 Å². The Labute approximate surface area is 77.5 Å². The molecule has 13 heavy (non-hydrogen) atoms.